The van der Waals surface area contributed by atoms with Crippen LogP contribution in [-0.4, -0.2) is 33.7 Å². The molecule has 0 radical (unpaired) electrons. The number of unbranched alkanes of at least 4 members (excludes halogenated alkanes) is 1. The Kier molecular flexibility index (Phi) is 11.1. The number of aromatic nitrogens is 1. The van der Waals surface area contributed by atoms with Gasteiger partial charge in [0.1, 0.15) is 5.75 Å². The van der Waals surface area contributed by atoms with Crippen molar-refractivity contribution in [3.05, 3.63) is 82.0 Å². The van der Waals surface area contributed by atoms with Crippen LogP contribution in [0, 0.1) is 26.2 Å². The fourth-order valence-electron chi connectivity index (χ4n) is 4.86. The lowest BCUT2D eigenvalue weighted by molar-refractivity contribution is -0.151. The predicted octanol–water partition coefficient (Wildman–Crippen LogP) is 7.50. The van der Waals surface area contributed by atoms with Gasteiger partial charge in [-0.25, -0.2) is 4.98 Å². The van der Waals surface area contributed by atoms with Crippen LogP contribution in [0.15, 0.2) is 48.5 Å². The Morgan fingerprint density at radius 1 is 0.951 bits per heavy atom. The number of carbonyl (C=O) groups excluding carboxylic acids is 1. The molecule has 41 heavy (non-hydrogen) atoms. The Morgan fingerprint density at radius 2 is 1.66 bits per heavy atom. The number of aromatic hydroxyl groups is 1. The average molecular weight is 559 g/mol. The van der Waals surface area contributed by atoms with Crippen LogP contribution in [0.25, 0.3) is 12.2 Å². The number of anilines is 1. The molecule has 0 bridgehead atoms. The third-order valence-electron chi connectivity index (χ3n) is 7.68. The van der Waals surface area contributed by atoms with E-state index in [0.717, 1.165) is 47.2 Å². The van der Waals surface area contributed by atoms with E-state index in [1.165, 1.54) is 5.56 Å². The van der Waals surface area contributed by atoms with E-state index >= 15 is 0 Å². The summed E-state index contributed by atoms with van der Waals surface area (Å²) in [5.74, 6) is -0.313. The van der Waals surface area contributed by atoms with Crippen LogP contribution in [0.1, 0.15) is 79.5 Å². The molecule has 1 heterocycles. The summed E-state index contributed by atoms with van der Waals surface area (Å²) in [6.45, 7) is 10.0. The number of rotatable bonds is 14. The highest BCUT2D eigenvalue weighted by Gasteiger charge is 2.37. The number of phenolic OH excluding ortho intramolecular Hbond substituents is 1. The van der Waals surface area contributed by atoms with Crippen molar-refractivity contribution >= 4 is 29.7 Å². The summed E-state index contributed by atoms with van der Waals surface area (Å²) < 4.78 is 5.92. The van der Waals surface area contributed by atoms with E-state index < -0.39 is 11.4 Å². The van der Waals surface area contributed by atoms with E-state index in [9.17, 15) is 19.8 Å². The zero-order valence-electron chi connectivity index (χ0n) is 24.8. The molecule has 3 N–H and O–H groups in total. The summed E-state index contributed by atoms with van der Waals surface area (Å²) in [6, 6.07) is 15.3. The Bertz CT molecular complexity index is 1370. The highest BCUT2D eigenvalue weighted by Crippen LogP contribution is 2.31. The number of nitrogens with zero attached hydrogens (tertiary/aromatic N) is 1. The van der Waals surface area contributed by atoms with Crippen LogP contribution in [0.5, 0.6) is 11.6 Å². The van der Waals surface area contributed by atoms with Gasteiger partial charge in [0.05, 0.1) is 17.7 Å². The van der Waals surface area contributed by atoms with Crippen molar-refractivity contribution in [3.63, 3.8) is 0 Å². The van der Waals surface area contributed by atoms with Gasteiger partial charge in [-0.1, -0.05) is 50.3 Å². The minimum absolute atomic E-state index is 0.0680. The smallest absolute Gasteiger partial charge is 0.310 e. The van der Waals surface area contributed by atoms with Gasteiger partial charge in [0, 0.05) is 18.2 Å². The van der Waals surface area contributed by atoms with Gasteiger partial charge in [-0.15, -0.1) is 0 Å². The Morgan fingerprint density at radius 3 is 2.32 bits per heavy atom. The number of pyridine rings is 1. The zero-order valence-corrected chi connectivity index (χ0v) is 24.8. The molecule has 0 aliphatic heterocycles. The summed E-state index contributed by atoms with van der Waals surface area (Å²) in [6.07, 6.45) is 7.36. The van der Waals surface area contributed by atoms with Gasteiger partial charge in [0.15, 0.2) is 0 Å². The molecule has 218 valence electrons. The molecule has 2 aromatic carbocycles. The Balaban J connectivity index is 1.56. The van der Waals surface area contributed by atoms with Crippen molar-refractivity contribution < 1.29 is 24.5 Å². The highest BCUT2D eigenvalue weighted by atomic mass is 16.5. The number of benzene rings is 2. The first-order valence-corrected chi connectivity index (χ1v) is 14.3. The van der Waals surface area contributed by atoms with Gasteiger partial charge in [0.25, 0.3) is 0 Å². The number of hydrogen-bond donors (Lipinski definition) is 3. The predicted molar refractivity (Wildman–Crippen MR) is 164 cm³/mol. The molecule has 0 atom stereocenters. The molecule has 1 amide bonds. The molecule has 0 saturated carbocycles. The largest absolute Gasteiger partial charge is 0.507 e. The molecule has 0 aliphatic carbocycles. The van der Waals surface area contributed by atoms with Crippen LogP contribution < -0.4 is 10.1 Å². The molecule has 0 aliphatic rings. The van der Waals surface area contributed by atoms with Gasteiger partial charge in [-0.05, 0) is 98.9 Å². The number of nitrogens with one attached hydrogen (secondary N) is 1. The van der Waals surface area contributed by atoms with Crippen molar-refractivity contribution in [2.24, 2.45) is 5.41 Å². The number of amides is 1. The monoisotopic (exact) mass is 558 g/mol. The number of phenols is 1. The van der Waals surface area contributed by atoms with Gasteiger partial charge in [0.2, 0.25) is 11.8 Å². The van der Waals surface area contributed by atoms with E-state index in [2.05, 4.69) is 10.3 Å². The van der Waals surface area contributed by atoms with E-state index in [4.69, 9.17) is 4.74 Å². The number of carboxylic acid groups (broad SMARTS) is 1. The van der Waals surface area contributed by atoms with Crippen molar-refractivity contribution in [1.82, 2.24) is 4.98 Å². The lowest BCUT2D eigenvalue weighted by Gasteiger charge is -2.25. The zero-order chi connectivity index (χ0) is 30.0. The van der Waals surface area contributed by atoms with E-state index in [-0.39, 0.29) is 12.3 Å². The molecule has 0 fully saturated rings. The number of ether oxygens (including phenoxy) is 1. The average Bonchev–Trinajstić information content (AvgIpc) is 2.94. The first-order valence-electron chi connectivity index (χ1n) is 14.3. The standard InChI is InChI=1S/C34H42N2O5/c1-6-34(7-2,33(39)40)22-30(37)35-28-13-10-12-26(21-28)15-16-29-23(3)14-17-31(36-29)41-18-9-8-11-27-19-24(4)32(38)25(5)20-27/h10,12-17,19-21,38H,6-9,11,18,22H2,1-5H3,(H,35,37)(H,39,40). The lowest BCUT2D eigenvalue weighted by atomic mass is 9.79. The fourth-order valence-corrected chi connectivity index (χ4v) is 4.86. The number of aryl methyl sites for hydroxylation is 4. The molecule has 3 rings (SSSR count). The molecular formula is C34H42N2O5. The van der Waals surface area contributed by atoms with Gasteiger partial charge in [-0.2, -0.15) is 0 Å². The molecule has 0 saturated heterocycles. The molecule has 0 unspecified atom stereocenters. The second-order valence-electron chi connectivity index (χ2n) is 10.7. The van der Waals surface area contributed by atoms with Crippen LogP contribution in [0.4, 0.5) is 5.69 Å². The van der Waals surface area contributed by atoms with Crippen molar-refractivity contribution in [2.45, 2.75) is 73.1 Å². The minimum atomic E-state index is -1.05. The van der Waals surface area contributed by atoms with Crippen LogP contribution in [0.2, 0.25) is 0 Å². The SMILES string of the molecule is CCC(CC)(CC(=O)Nc1cccc(C=Cc2nc(OCCCCc3cc(C)c(O)c(C)c3)ccc2C)c1)C(=O)O. The van der Waals surface area contributed by atoms with Crippen LogP contribution >= 0.6 is 0 Å². The molecule has 1 aromatic heterocycles. The molecule has 7 heteroatoms. The number of carbonyl (C=O) groups is 2. The van der Waals surface area contributed by atoms with E-state index in [1.54, 1.807) is 19.9 Å². The third-order valence-corrected chi connectivity index (χ3v) is 7.68. The topological polar surface area (TPSA) is 109 Å². The number of aliphatic carboxylic acids is 1. The number of hydrogen-bond acceptors (Lipinski definition) is 5. The molecule has 0 spiro atoms. The molecular weight excluding hydrogens is 516 g/mol. The minimum Gasteiger partial charge on any atom is -0.507 e. The summed E-state index contributed by atoms with van der Waals surface area (Å²) in [5.41, 5.74) is 5.28. The lowest BCUT2D eigenvalue weighted by Crippen LogP contribution is -2.34. The third kappa shape index (κ3) is 8.68. The Labute approximate surface area is 243 Å². The van der Waals surface area contributed by atoms with Crippen molar-refractivity contribution in [2.75, 3.05) is 11.9 Å². The van der Waals surface area contributed by atoms with Gasteiger partial charge < -0.3 is 20.3 Å². The quantitative estimate of drug-likeness (QED) is 0.177. The maximum Gasteiger partial charge on any atom is 0.310 e. The maximum absolute atomic E-state index is 12.6. The van der Waals surface area contributed by atoms with Crippen molar-refractivity contribution in [1.29, 1.82) is 0 Å². The highest BCUT2D eigenvalue weighted by molar-refractivity contribution is 5.94. The molecule has 7 nitrogen and oxygen atoms in total. The summed E-state index contributed by atoms with van der Waals surface area (Å²) in [7, 11) is 0. The number of carboxylic acids is 1. The van der Waals surface area contributed by atoms with Gasteiger partial charge >= 0.3 is 5.97 Å². The summed E-state index contributed by atoms with van der Waals surface area (Å²) in [5, 5.41) is 22.4. The maximum atomic E-state index is 12.6. The first kappa shape index (κ1) is 31.4. The van der Waals surface area contributed by atoms with E-state index in [0.29, 0.717) is 36.8 Å². The van der Waals surface area contributed by atoms with Crippen LogP contribution in [-0.2, 0) is 16.0 Å². The van der Waals surface area contributed by atoms with E-state index in [1.807, 2.05) is 75.4 Å². The summed E-state index contributed by atoms with van der Waals surface area (Å²) >= 11 is 0. The van der Waals surface area contributed by atoms with Crippen molar-refractivity contribution in [3.8, 4) is 11.6 Å². The second kappa shape index (κ2) is 14.5. The molecule has 3 aromatic rings. The second-order valence-corrected chi connectivity index (χ2v) is 10.7. The normalized spacial score (nSPS) is 11.5. The van der Waals surface area contributed by atoms with Gasteiger partial charge in [-0.3, -0.25) is 9.59 Å². The fraction of sp³-hybridized carbons (Fsp3) is 0.382. The van der Waals surface area contributed by atoms with Crippen LogP contribution in [0.3, 0.4) is 0 Å². The Hall–Kier alpha value is -4.13. The first-order chi connectivity index (χ1) is 19.6. The summed E-state index contributed by atoms with van der Waals surface area (Å²) in [4.78, 5) is 29.1.